The highest BCUT2D eigenvalue weighted by Gasteiger charge is 2.01. The Hall–Kier alpha value is -0.540. The van der Waals surface area contributed by atoms with Crippen LogP contribution in [0.2, 0.25) is 0 Å². The van der Waals surface area contributed by atoms with E-state index < -0.39 is 0 Å². The van der Waals surface area contributed by atoms with Gasteiger partial charge in [0, 0.05) is 10.9 Å². The summed E-state index contributed by atoms with van der Waals surface area (Å²) in [7, 11) is 0. The van der Waals surface area contributed by atoms with Gasteiger partial charge in [-0.25, -0.2) is 4.39 Å². The van der Waals surface area contributed by atoms with Gasteiger partial charge in [-0.1, -0.05) is 0 Å². The molecule has 0 fully saturated rings. The topological polar surface area (TPSA) is 26.0 Å². The second-order valence-corrected chi connectivity index (χ2v) is 4.66. The molecule has 0 amide bonds. The van der Waals surface area contributed by atoms with Gasteiger partial charge in [0.15, 0.2) is 0 Å². The Kier molecular flexibility index (Phi) is 4.42. The molecule has 0 aliphatic heterocycles. The van der Waals surface area contributed by atoms with E-state index in [1.807, 2.05) is 19.9 Å². The lowest BCUT2D eigenvalue weighted by atomic mass is 10.2. The van der Waals surface area contributed by atoms with Crippen LogP contribution in [-0.4, -0.2) is 11.8 Å². The first-order valence-electron chi connectivity index (χ1n) is 4.74. The van der Waals surface area contributed by atoms with Gasteiger partial charge in [0.25, 0.3) is 0 Å². The van der Waals surface area contributed by atoms with Crippen molar-refractivity contribution in [3.05, 3.63) is 29.6 Å². The van der Waals surface area contributed by atoms with Crippen molar-refractivity contribution in [3.63, 3.8) is 0 Å². The lowest BCUT2D eigenvalue weighted by molar-refractivity contribution is 0.625. The highest BCUT2D eigenvalue weighted by Crippen LogP contribution is 2.23. The van der Waals surface area contributed by atoms with Crippen LogP contribution in [-0.2, 0) is 0 Å². The number of hydrogen-bond acceptors (Lipinski definition) is 2. The minimum atomic E-state index is -0.168. The molecule has 1 atom stereocenters. The molecule has 2 N–H and O–H groups in total. The van der Waals surface area contributed by atoms with Crippen molar-refractivity contribution < 1.29 is 4.39 Å². The molecule has 1 aromatic rings. The first-order valence-corrected chi connectivity index (χ1v) is 5.72. The number of aryl methyl sites for hydroxylation is 1. The Morgan fingerprint density at radius 2 is 2.21 bits per heavy atom. The van der Waals surface area contributed by atoms with Crippen LogP contribution in [0.15, 0.2) is 23.1 Å². The molecule has 0 radical (unpaired) electrons. The molecule has 1 rings (SSSR count). The molecule has 1 nitrogen and oxygen atoms in total. The van der Waals surface area contributed by atoms with Crippen LogP contribution in [0.4, 0.5) is 4.39 Å². The SMILES string of the molecule is Cc1cc(F)ccc1SCCC(C)N. The molecule has 0 aromatic heterocycles. The highest BCUT2D eigenvalue weighted by molar-refractivity contribution is 7.99. The van der Waals surface area contributed by atoms with Crippen molar-refractivity contribution in [2.45, 2.75) is 31.2 Å². The van der Waals surface area contributed by atoms with Crippen LogP contribution in [0, 0.1) is 12.7 Å². The van der Waals surface area contributed by atoms with Crippen molar-refractivity contribution >= 4 is 11.8 Å². The number of nitrogens with two attached hydrogens (primary N) is 1. The van der Waals surface area contributed by atoms with E-state index in [0.717, 1.165) is 22.6 Å². The normalized spacial score (nSPS) is 12.9. The summed E-state index contributed by atoms with van der Waals surface area (Å²) in [6.07, 6.45) is 0.988. The van der Waals surface area contributed by atoms with E-state index in [1.54, 1.807) is 17.8 Å². The van der Waals surface area contributed by atoms with Gasteiger partial charge in [0.05, 0.1) is 0 Å². The Morgan fingerprint density at radius 1 is 1.50 bits per heavy atom. The maximum Gasteiger partial charge on any atom is 0.123 e. The van der Waals surface area contributed by atoms with Crippen molar-refractivity contribution in [1.29, 1.82) is 0 Å². The van der Waals surface area contributed by atoms with E-state index in [2.05, 4.69) is 0 Å². The second-order valence-electron chi connectivity index (χ2n) is 3.52. The number of thioether (sulfide) groups is 1. The summed E-state index contributed by atoms with van der Waals surface area (Å²) >= 11 is 1.74. The number of hydrogen-bond donors (Lipinski definition) is 1. The Labute approximate surface area is 88.9 Å². The average molecular weight is 213 g/mol. The highest BCUT2D eigenvalue weighted by atomic mass is 32.2. The fraction of sp³-hybridized carbons (Fsp3) is 0.455. The van der Waals surface area contributed by atoms with Gasteiger partial charge in [-0.2, -0.15) is 0 Å². The van der Waals surface area contributed by atoms with Crippen LogP contribution in [0.1, 0.15) is 18.9 Å². The smallest absolute Gasteiger partial charge is 0.123 e. The third-order valence-corrected chi connectivity index (χ3v) is 3.18. The molecular weight excluding hydrogens is 197 g/mol. The fourth-order valence-electron chi connectivity index (χ4n) is 1.13. The monoisotopic (exact) mass is 213 g/mol. The van der Waals surface area contributed by atoms with Crippen molar-refractivity contribution in [3.8, 4) is 0 Å². The zero-order valence-electron chi connectivity index (χ0n) is 8.59. The lowest BCUT2D eigenvalue weighted by Crippen LogP contribution is -2.15. The van der Waals surface area contributed by atoms with Crippen molar-refractivity contribution in [2.75, 3.05) is 5.75 Å². The summed E-state index contributed by atoms with van der Waals surface area (Å²) in [5.41, 5.74) is 6.65. The minimum absolute atomic E-state index is 0.168. The number of rotatable bonds is 4. The Bertz CT molecular complexity index is 299. The summed E-state index contributed by atoms with van der Waals surface area (Å²) in [6.45, 7) is 3.93. The third kappa shape index (κ3) is 3.68. The Balaban J connectivity index is 2.51. The quantitative estimate of drug-likeness (QED) is 0.778. The molecule has 0 aliphatic carbocycles. The first-order chi connectivity index (χ1) is 6.59. The molecule has 0 heterocycles. The molecule has 0 saturated heterocycles. The van der Waals surface area contributed by atoms with E-state index >= 15 is 0 Å². The van der Waals surface area contributed by atoms with Gasteiger partial charge in [0.2, 0.25) is 0 Å². The lowest BCUT2D eigenvalue weighted by Gasteiger charge is -2.07. The molecule has 78 valence electrons. The first kappa shape index (κ1) is 11.5. The zero-order chi connectivity index (χ0) is 10.6. The molecule has 3 heteroatoms. The van der Waals surface area contributed by atoms with Crippen LogP contribution in [0.5, 0.6) is 0 Å². The predicted octanol–water partition coefficient (Wildman–Crippen LogP) is 2.96. The Morgan fingerprint density at radius 3 is 2.79 bits per heavy atom. The van der Waals surface area contributed by atoms with E-state index in [4.69, 9.17) is 5.73 Å². The number of benzene rings is 1. The van der Waals surface area contributed by atoms with Gasteiger partial charge < -0.3 is 5.73 Å². The second kappa shape index (κ2) is 5.37. The van der Waals surface area contributed by atoms with Crippen LogP contribution in [0.25, 0.3) is 0 Å². The van der Waals surface area contributed by atoms with Gasteiger partial charge >= 0.3 is 0 Å². The zero-order valence-corrected chi connectivity index (χ0v) is 9.40. The average Bonchev–Trinajstić information content (AvgIpc) is 2.08. The van der Waals surface area contributed by atoms with E-state index in [0.29, 0.717) is 0 Å². The van der Waals surface area contributed by atoms with Gasteiger partial charge in [-0.15, -0.1) is 11.8 Å². The molecule has 0 bridgehead atoms. The summed E-state index contributed by atoms with van der Waals surface area (Å²) in [5, 5.41) is 0. The van der Waals surface area contributed by atoms with Crippen LogP contribution < -0.4 is 5.73 Å². The molecule has 14 heavy (non-hydrogen) atoms. The fourth-order valence-corrected chi connectivity index (χ4v) is 2.29. The molecule has 1 aromatic carbocycles. The van der Waals surface area contributed by atoms with Crippen molar-refractivity contribution in [2.24, 2.45) is 5.73 Å². The van der Waals surface area contributed by atoms with Crippen LogP contribution >= 0.6 is 11.8 Å². The maximum atomic E-state index is 12.8. The summed E-state index contributed by atoms with van der Waals surface area (Å²) < 4.78 is 12.8. The summed E-state index contributed by atoms with van der Waals surface area (Å²) in [4.78, 5) is 1.15. The van der Waals surface area contributed by atoms with Gasteiger partial charge in [-0.3, -0.25) is 0 Å². The number of halogens is 1. The summed E-state index contributed by atoms with van der Waals surface area (Å²) in [5.74, 6) is 0.823. The van der Waals surface area contributed by atoms with E-state index in [-0.39, 0.29) is 11.9 Å². The van der Waals surface area contributed by atoms with Crippen molar-refractivity contribution in [1.82, 2.24) is 0 Å². The minimum Gasteiger partial charge on any atom is -0.328 e. The third-order valence-electron chi connectivity index (χ3n) is 1.97. The molecular formula is C11H16FNS. The summed E-state index contributed by atoms with van der Waals surface area (Å²) in [6, 6.07) is 5.13. The standard InChI is InChI=1S/C11H16FNS/c1-8-7-10(12)3-4-11(8)14-6-5-9(2)13/h3-4,7,9H,5-6,13H2,1-2H3. The molecule has 0 spiro atoms. The molecule has 1 unspecified atom stereocenters. The molecule has 0 aliphatic rings. The van der Waals surface area contributed by atoms with Gasteiger partial charge in [0.1, 0.15) is 5.82 Å². The van der Waals surface area contributed by atoms with Crippen LogP contribution in [0.3, 0.4) is 0 Å². The molecule has 0 saturated carbocycles. The van der Waals surface area contributed by atoms with E-state index in [9.17, 15) is 4.39 Å². The van der Waals surface area contributed by atoms with E-state index in [1.165, 1.54) is 6.07 Å². The van der Waals surface area contributed by atoms with Gasteiger partial charge in [-0.05, 0) is 49.8 Å². The maximum absolute atomic E-state index is 12.8. The predicted molar refractivity (Wildman–Crippen MR) is 60.1 cm³/mol. The largest absolute Gasteiger partial charge is 0.328 e.